The molecule has 0 saturated carbocycles. The van der Waals surface area contributed by atoms with E-state index in [0.29, 0.717) is 13.1 Å². The first-order chi connectivity index (χ1) is 7.69. The van der Waals surface area contributed by atoms with E-state index >= 15 is 0 Å². The van der Waals surface area contributed by atoms with E-state index in [1.807, 2.05) is 37.3 Å². The zero-order chi connectivity index (χ0) is 12.0. The molecule has 0 atom stereocenters. The van der Waals surface area contributed by atoms with Crippen molar-refractivity contribution in [2.75, 3.05) is 6.54 Å². The van der Waals surface area contributed by atoms with E-state index in [0.717, 1.165) is 9.13 Å². The molecule has 4 heteroatoms. The van der Waals surface area contributed by atoms with E-state index in [1.54, 1.807) is 4.90 Å². The van der Waals surface area contributed by atoms with Crippen molar-refractivity contribution in [3.8, 4) is 6.07 Å². The standard InChI is InChI=1S/C12H13IN2O/c1-2-15(12(16)7-8-14)9-10-5-3-4-6-11(10)13/h3-6H,2,7,9H2,1H3. The highest BCUT2D eigenvalue weighted by atomic mass is 127. The van der Waals surface area contributed by atoms with Crippen LogP contribution in [0.25, 0.3) is 0 Å². The maximum atomic E-state index is 11.6. The van der Waals surface area contributed by atoms with Gasteiger partial charge in [-0.05, 0) is 41.1 Å². The number of carbonyl (C=O) groups is 1. The van der Waals surface area contributed by atoms with Crippen molar-refractivity contribution in [1.29, 1.82) is 5.26 Å². The van der Waals surface area contributed by atoms with E-state index in [4.69, 9.17) is 5.26 Å². The zero-order valence-electron chi connectivity index (χ0n) is 9.11. The molecule has 0 bridgehead atoms. The molecule has 1 aromatic carbocycles. The number of nitrogens with zero attached hydrogens (tertiary/aromatic N) is 2. The molecule has 0 fully saturated rings. The van der Waals surface area contributed by atoms with E-state index in [-0.39, 0.29) is 12.3 Å². The number of carbonyl (C=O) groups excluding carboxylic acids is 1. The Balaban J connectivity index is 2.75. The summed E-state index contributed by atoms with van der Waals surface area (Å²) in [5.41, 5.74) is 1.12. The first-order valence-corrected chi connectivity index (χ1v) is 6.15. The Kier molecular flexibility index (Phi) is 5.26. The molecular weight excluding hydrogens is 315 g/mol. The molecule has 1 rings (SSSR count). The van der Waals surface area contributed by atoms with E-state index in [2.05, 4.69) is 22.6 Å². The van der Waals surface area contributed by atoms with E-state index in [1.165, 1.54) is 0 Å². The summed E-state index contributed by atoms with van der Waals surface area (Å²) in [4.78, 5) is 13.3. The van der Waals surface area contributed by atoms with Gasteiger partial charge in [-0.3, -0.25) is 4.79 Å². The Morgan fingerprint density at radius 1 is 1.50 bits per heavy atom. The predicted octanol–water partition coefficient (Wildman–Crippen LogP) is 2.55. The fourth-order valence-corrected chi connectivity index (χ4v) is 1.95. The summed E-state index contributed by atoms with van der Waals surface area (Å²) in [5, 5.41) is 8.50. The number of hydrogen-bond donors (Lipinski definition) is 0. The number of benzene rings is 1. The largest absolute Gasteiger partial charge is 0.338 e. The van der Waals surface area contributed by atoms with Gasteiger partial charge >= 0.3 is 0 Å². The Bertz CT molecular complexity index is 412. The molecule has 0 N–H and O–H groups in total. The third kappa shape index (κ3) is 3.49. The van der Waals surface area contributed by atoms with Gasteiger partial charge in [0.25, 0.3) is 0 Å². The molecule has 0 heterocycles. The molecule has 3 nitrogen and oxygen atoms in total. The molecule has 1 amide bonds. The second kappa shape index (κ2) is 6.48. The monoisotopic (exact) mass is 328 g/mol. The maximum Gasteiger partial charge on any atom is 0.237 e. The Hall–Kier alpha value is -1.09. The number of nitriles is 1. The van der Waals surface area contributed by atoms with Crippen LogP contribution in [0.4, 0.5) is 0 Å². The summed E-state index contributed by atoms with van der Waals surface area (Å²) in [5.74, 6) is -0.107. The minimum atomic E-state index is -0.107. The second-order valence-corrected chi connectivity index (χ2v) is 4.50. The van der Waals surface area contributed by atoms with Gasteiger partial charge in [0.15, 0.2) is 0 Å². The fourth-order valence-electron chi connectivity index (χ4n) is 1.39. The lowest BCUT2D eigenvalue weighted by molar-refractivity contribution is -0.130. The maximum absolute atomic E-state index is 11.6. The Morgan fingerprint density at radius 2 is 2.19 bits per heavy atom. The van der Waals surface area contributed by atoms with Gasteiger partial charge in [-0.2, -0.15) is 5.26 Å². The van der Waals surface area contributed by atoms with Crippen molar-refractivity contribution in [3.63, 3.8) is 0 Å². The van der Waals surface area contributed by atoms with Gasteiger partial charge in [0.1, 0.15) is 6.42 Å². The van der Waals surface area contributed by atoms with Gasteiger partial charge in [-0.1, -0.05) is 18.2 Å². The molecule has 16 heavy (non-hydrogen) atoms. The summed E-state index contributed by atoms with van der Waals surface area (Å²) < 4.78 is 1.14. The summed E-state index contributed by atoms with van der Waals surface area (Å²) >= 11 is 2.25. The minimum absolute atomic E-state index is 0.0444. The lowest BCUT2D eigenvalue weighted by Crippen LogP contribution is -2.30. The van der Waals surface area contributed by atoms with E-state index in [9.17, 15) is 4.79 Å². The second-order valence-electron chi connectivity index (χ2n) is 3.33. The van der Waals surface area contributed by atoms with Crippen LogP contribution < -0.4 is 0 Å². The normalized spacial score (nSPS) is 9.56. The number of amides is 1. The first-order valence-electron chi connectivity index (χ1n) is 5.07. The SMILES string of the molecule is CCN(Cc1ccccc1I)C(=O)CC#N. The van der Waals surface area contributed by atoms with Gasteiger partial charge in [0.2, 0.25) is 5.91 Å². The van der Waals surface area contributed by atoms with Crippen LogP contribution in [-0.2, 0) is 11.3 Å². The zero-order valence-corrected chi connectivity index (χ0v) is 11.3. The van der Waals surface area contributed by atoms with Crippen molar-refractivity contribution in [2.45, 2.75) is 19.9 Å². The molecule has 0 radical (unpaired) electrons. The van der Waals surface area contributed by atoms with Crippen LogP contribution in [-0.4, -0.2) is 17.4 Å². The summed E-state index contributed by atoms with van der Waals surface area (Å²) in [6.07, 6.45) is -0.0444. The molecule has 0 saturated heterocycles. The van der Waals surface area contributed by atoms with Crippen LogP contribution >= 0.6 is 22.6 Å². The number of hydrogen-bond acceptors (Lipinski definition) is 2. The van der Waals surface area contributed by atoms with Gasteiger partial charge in [-0.25, -0.2) is 0 Å². The summed E-state index contributed by atoms with van der Waals surface area (Å²) in [6, 6.07) is 9.84. The number of halogens is 1. The van der Waals surface area contributed by atoms with Gasteiger partial charge in [0.05, 0.1) is 6.07 Å². The third-order valence-electron chi connectivity index (χ3n) is 2.28. The van der Waals surface area contributed by atoms with Crippen LogP contribution in [0, 0.1) is 14.9 Å². The molecule has 0 unspecified atom stereocenters. The summed E-state index contributed by atoms with van der Waals surface area (Å²) in [7, 11) is 0. The smallest absolute Gasteiger partial charge is 0.237 e. The molecular formula is C12H13IN2O. The highest BCUT2D eigenvalue weighted by Crippen LogP contribution is 2.14. The number of rotatable bonds is 4. The lowest BCUT2D eigenvalue weighted by atomic mass is 10.2. The average molecular weight is 328 g/mol. The molecule has 1 aromatic rings. The molecule has 0 aliphatic carbocycles. The van der Waals surface area contributed by atoms with Crippen molar-refractivity contribution < 1.29 is 4.79 Å². The quantitative estimate of drug-likeness (QED) is 0.798. The van der Waals surface area contributed by atoms with Gasteiger partial charge in [0, 0.05) is 16.7 Å². The summed E-state index contributed by atoms with van der Waals surface area (Å²) in [6.45, 7) is 3.13. The van der Waals surface area contributed by atoms with Crippen molar-refractivity contribution in [1.82, 2.24) is 4.90 Å². The van der Waals surface area contributed by atoms with E-state index < -0.39 is 0 Å². The first kappa shape index (κ1) is 13.0. The molecule has 0 aliphatic heterocycles. The molecule has 0 spiro atoms. The van der Waals surface area contributed by atoms with Crippen molar-refractivity contribution >= 4 is 28.5 Å². The topological polar surface area (TPSA) is 44.1 Å². The van der Waals surface area contributed by atoms with Crippen molar-refractivity contribution in [2.24, 2.45) is 0 Å². The van der Waals surface area contributed by atoms with Crippen LogP contribution in [0.15, 0.2) is 24.3 Å². The van der Waals surface area contributed by atoms with Crippen LogP contribution in [0.1, 0.15) is 18.9 Å². The van der Waals surface area contributed by atoms with Crippen LogP contribution in [0.3, 0.4) is 0 Å². The highest BCUT2D eigenvalue weighted by molar-refractivity contribution is 14.1. The van der Waals surface area contributed by atoms with Crippen molar-refractivity contribution in [3.05, 3.63) is 33.4 Å². The van der Waals surface area contributed by atoms with Gasteiger partial charge < -0.3 is 4.90 Å². The third-order valence-corrected chi connectivity index (χ3v) is 3.34. The minimum Gasteiger partial charge on any atom is -0.338 e. The Morgan fingerprint density at radius 3 is 2.75 bits per heavy atom. The lowest BCUT2D eigenvalue weighted by Gasteiger charge is -2.20. The van der Waals surface area contributed by atoms with Crippen LogP contribution in [0.2, 0.25) is 0 Å². The molecule has 84 valence electrons. The molecule has 0 aliphatic rings. The average Bonchev–Trinajstić information content (AvgIpc) is 2.28. The predicted molar refractivity (Wildman–Crippen MR) is 70.5 cm³/mol. The fraction of sp³-hybridized carbons (Fsp3) is 0.333. The van der Waals surface area contributed by atoms with Crippen LogP contribution in [0.5, 0.6) is 0 Å². The van der Waals surface area contributed by atoms with Gasteiger partial charge in [-0.15, -0.1) is 0 Å². The Labute approximate surface area is 109 Å². The molecule has 0 aromatic heterocycles. The highest BCUT2D eigenvalue weighted by Gasteiger charge is 2.12.